The SMILES string of the molecule is Nc1ccc(Cn2cc([N+](=O)[O-])ccc2=O)cc1[N+](=O)[O-]. The Kier molecular flexibility index (Phi) is 3.65. The van der Waals surface area contributed by atoms with E-state index in [-0.39, 0.29) is 23.6 Å². The van der Waals surface area contributed by atoms with E-state index in [0.29, 0.717) is 5.56 Å². The van der Waals surface area contributed by atoms with Crippen molar-refractivity contribution >= 4 is 17.1 Å². The van der Waals surface area contributed by atoms with Crippen LogP contribution in [-0.2, 0) is 6.54 Å². The molecule has 1 aromatic heterocycles. The zero-order valence-electron chi connectivity index (χ0n) is 10.6. The monoisotopic (exact) mass is 290 g/mol. The smallest absolute Gasteiger partial charge is 0.292 e. The fourth-order valence-corrected chi connectivity index (χ4v) is 1.79. The summed E-state index contributed by atoms with van der Waals surface area (Å²) in [5.41, 5.74) is 4.98. The third-order valence-corrected chi connectivity index (χ3v) is 2.82. The second-order valence-corrected chi connectivity index (χ2v) is 4.26. The van der Waals surface area contributed by atoms with Crippen LogP contribution in [0.15, 0.2) is 41.3 Å². The Bertz CT molecular complexity index is 783. The predicted molar refractivity (Wildman–Crippen MR) is 74.0 cm³/mol. The van der Waals surface area contributed by atoms with Crippen LogP contribution in [0.1, 0.15) is 5.56 Å². The van der Waals surface area contributed by atoms with Crippen LogP contribution >= 0.6 is 0 Å². The first-order chi connectivity index (χ1) is 9.88. The van der Waals surface area contributed by atoms with Gasteiger partial charge in [0.2, 0.25) is 0 Å². The van der Waals surface area contributed by atoms with Crippen LogP contribution in [0.3, 0.4) is 0 Å². The summed E-state index contributed by atoms with van der Waals surface area (Å²) >= 11 is 0. The number of rotatable bonds is 4. The molecule has 0 aliphatic carbocycles. The van der Waals surface area contributed by atoms with E-state index < -0.39 is 15.4 Å². The molecule has 2 rings (SSSR count). The maximum atomic E-state index is 11.7. The quantitative estimate of drug-likeness (QED) is 0.512. The first-order valence-electron chi connectivity index (χ1n) is 5.76. The van der Waals surface area contributed by atoms with Crippen LogP contribution in [-0.4, -0.2) is 14.4 Å². The van der Waals surface area contributed by atoms with Crippen LogP contribution in [0, 0.1) is 20.2 Å². The zero-order valence-corrected chi connectivity index (χ0v) is 10.6. The Hall–Kier alpha value is -3.23. The lowest BCUT2D eigenvalue weighted by atomic mass is 10.1. The minimum atomic E-state index is -0.630. The molecule has 9 heteroatoms. The highest BCUT2D eigenvalue weighted by atomic mass is 16.6. The van der Waals surface area contributed by atoms with Crippen molar-refractivity contribution in [3.05, 3.63) is 72.7 Å². The minimum Gasteiger partial charge on any atom is -0.393 e. The standard InChI is InChI=1S/C12H10N4O5/c13-10-3-1-8(5-11(10)16(20)21)6-14-7-9(15(18)19)2-4-12(14)17/h1-5,7H,6,13H2. The van der Waals surface area contributed by atoms with Gasteiger partial charge in [0.05, 0.1) is 22.6 Å². The van der Waals surface area contributed by atoms with Gasteiger partial charge in [-0.15, -0.1) is 0 Å². The molecule has 1 heterocycles. The van der Waals surface area contributed by atoms with Crippen molar-refractivity contribution in [1.82, 2.24) is 4.57 Å². The van der Waals surface area contributed by atoms with Gasteiger partial charge in [0, 0.05) is 18.2 Å². The molecule has 108 valence electrons. The van der Waals surface area contributed by atoms with Gasteiger partial charge in [-0.05, 0) is 11.6 Å². The number of nitrogens with zero attached hydrogens (tertiary/aromatic N) is 3. The van der Waals surface area contributed by atoms with E-state index in [1.165, 1.54) is 18.2 Å². The lowest BCUT2D eigenvalue weighted by molar-refractivity contribution is -0.385. The number of nitrogens with two attached hydrogens (primary N) is 1. The maximum absolute atomic E-state index is 11.7. The molecule has 0 radical (unpaired) electrons. The second-order valence-electron chi connectivity index (χ2n) is 4.26. The molecule has 0 atom stereocenters. The van der Waals surface area contributed by atoms with Gasteiger partial charge in [-0.3, -0.25) is 25.0 Å². The van der Waals surface area contributed by atoms with Gasteiger partial charge in [-0.1, -0.05) is 6.07 Å². The Morgan fingerprint density at radius 3 is 2.43 bits per heavy atom. The molecule has 2 aromatic rings. The van der Waals surface area contributed by atoms with Crippen LogP contribution in [0.25, 0.3) is 0 Å². The number of benzene rings is 1. The number of hydrogen-bond acceptors (Lipinski definition) is 6. The number of hydrogen-bond donors (Lipinski definition) is 1. The molecule has 0 amide bonds. The van der Waals surface area contributed by atoms with Crippen molar-refractivity contribution in [3.63, 3.8) is 0 Å². The third kappa shape index (κ3) is 3.03. The second kappa shape index (κ2) is 5.41. The fourth-order valence-electron chi connectivity index (χ4n) is 1.79. The van der Waals surface area contributed by atoms with Crippen molar-refractivity contribution in [1.29, 1.82) is 0 Å². The van der Waals surface area contributed by atoms with E-state index in [4.69, 9.17) is 5.73 Å². The van der Waals surface area contributed by atoms with Crippen LogP contribution in [0.5, 0.6) is 0 Å². The number of anilines is 1. The van der Waals surface area contributed by atoms with Gasteiger partial charge in [0.15, 0.2) is 0 Å². The Labute approximate surface area is 117 Å². The molecule has 1 aromatic carbocycles. The highest BCUT2D eigenvalue weighted by Gasteiger charge is 2.13. The molecule has 0 unspecified atom stereocenters. The van der Waals surface area contributed by atoms with E-state index >= 15 is 0 Å². The van der Waals surface area contributed by atoms with Gasteiger partial charge >= 0.3 is 0 Å². The average Bonchev–Trinajstić information content (AvgIpc) is 2.42. The molecule has 0 spiro atoms. The van der Waals surface area contributed by atoms with Crippen molar-refractivity contribution in [2.75, 3.05) is 5.73 Å². The normalized spacial score (nSPS) is 10.3. The summed E-state index contributed by atoms with van der Waals surface area (Å²) in [5.74, 6) is 0. The molecular weight excluding hydrogens is 280 g/mol. The molecular formula is C12H10N4O5. The van der Waals surface area contributed by atoms with Gasteiger partial charge in [-0.25, -0.2) is 0 Å². The van der Waals surface area contributed by atoms with E-state index in [2.05, 4.69) is 0 Å². The van der Waals surface area contributed by atoms with E-state index in [9.17, 15) is 25.0 Å². The Balaban J connectivity index is 2.41. The molecule has 9 nitrogen and oxygen atoms in total. The van der Waals surface area contributed by atoms with Gasteiger partial charge in [0.1, 0.15) is 5.69 Å². The van der Waals surface area contributed by atoms with E-state index in [1.807, 2.05) is 0 Å². The lowest BCUT2D eigenvalue weighted by Crippen LogP contribution is -2.19. The summed E-state index contributed by atoms with van der Waals surface area (Å²) in [7, 11) is 0. The topological polar surface area (TPSA) is 134 Å². The van der Waals surface area contributed by atoms with Crippen molar-refractivity contribution in [3.8, 4) is 0 Å². The first-order valence-corrected chi connectivity index (χ1v) is 5.76. The largest absolute Gasteiger partial charge is 0.393 e. The molecule has 21 heavy (non-hydrogen) atoms. The maximum Gasteiger partial charge on any atom is 0.292 e. The molecule has 0 bridgehead atoms. The predicted octanol–water partition coefficient (Wildman–Crippen LogP) is 1.30. The lowest BCUT2D eigenvalue weighted by Gasteiger charge is -2.06. The van der Waals surface area contributed by atoms with Crippen molar-refractivity contribution in [2.45, 2.75) is 6.54 Å². The van der Waals surface area contributed by atoms with Crippen LogP contribution in [0.2, 0.25) is 0 Å². The molecule has 0 fully saturated rings. The van der Waals surface area contributed by atoms with Crippen LogP contribution in [0.4, 0.5) is 17.1 Å². The van der Waals surface area contributed by atoms with Gasteiger partial charge < -0.3 is 10.3 Å². The summed E-state index contributed by atoms with van der Waals surface area (Å²) in [6, 6.07) is 6.29. The van der Waals surface area contributed by atoms with Crippen molar-refractivity contribution < 1.29 is 9.85 Å². The Morgan fingerprint density at radius 2 is 1.81 bits per heavy atom. The summed E-state index contributed by atoms with van der Waals surface area (Å²) in [6.07, 6.45) is 1.09. The summed E-state index contributed by atoms with van der Waals surface area (Å²) in [4.78, 5) is 31.9. The fraction of sp³-hybridized carbons (Fsp3) is 0.0833. The summed E-state index contributed by atoms with van der Waals surface area (Å²) in [6.45, 7) is -0.0262. The zero-order chi connectivity index (χ0) is 15.6. The number of aromatic nitrogens is 1. The molecule has 2 N–H and O–H groups in total. The van der Waals surface area contributed by atoms with Crippen molar-refractivity contribution in [2.24, 2.45) is 0 Å². The number of nitro benzene ring substituents is 1. The average molecular weight is 290 g/mol. The first kappa shape index (κ1) is 14.2. The molecule has 0 aliphatic heterocycles. The summed E-state index contributed by atoms with van der Waals surface area (Å²) < 4.78 is 1.10. The number of nitrogen functional groups attached to an aromatic ring is 1. The summed E-state index contributed by atoms with van der Waals surface area (Å²) in [5, 5.41) is 21.5. The van der Waals surface area contributed by atoms with Gasteiger partial charge in [0.25, 0.3) is 16.9 Å². The number of pyridine rings is 1. The van der Waals surface area contributed by atoms with Crippen LogP contribution < -0.4 is 11.3 Å². The van der Waals surface area contributed by atoms with E-state index in [0.717, 1.165) is 22.9 Å². The molecule has 0 saturated carbocycles. The van der Waals surface area contributed by atoms with E-state index in [1.54, 1.807) is 0 Å². The van der Waals surface area contributed by atoms with Gasteiger partial charge in [-0.2, -0.15) is 0 Å². The number of nitro groups is 2. The highest BCUT2D eigenvalue weighted by molar-refractivity contribution is 5.59. The molecule has 0 aliphatic rings. The Morgan fingerprint density at radius 1 is 1.10 bits per heavy atom. The molecule has 0 saturated heterocycles. The minimum absolute atomic E-state index is 0.00939. The third-order valence-electron chi connectivity index (χ3n) is 2.82. The highest BCUT2D eigenvalue weighted by Crippen LogP contribution is 2.22.